The Hall–Kier alpha value is -2.40. The zero-order chi connectivity index (χ0) is 17.0. The molecule has 0 radical (unpaired) electrons. The number of likely N-dealkylation sites (N-methyl/N-ethyl adjacent to an activating group) is 1. The van der Waals surface area contributed by atoms with Gasteiger partial charge in [0.15, 0.2) is 23.0 Å². The predicted molar refractivity (Wildman–Crippen MR) is 90.0 cm³/mol. The first-order valence-electron chi connectivity index (χ1n) is 8.05. The van der Waals surface area contributed by atoms with Crippen molar-refractivity contribution in [2.75, 3.05) is 21.3 Å². The largest absolute Gasteiger partial charge is 0.504 e. The Balaban J connectivity index is 1.87. The summed E-state index contributed by atoms with van der Waals surface area (Å²) in [5.41, 5.74) is 4.38. The van der Waals surface area contributed by atoms with Gasteiger partial charge in [0.1, 0.15) is 0 Å². The molecule has 0 amide bonds. The molecule has 0 saturated heterocycles. The van der Waals surface area contributed by atoms with Crippen LogP contribution in [0.4, 0.5) is 0 Å². The third-order valence-electron chi connectivity index (χ3n) is 5.43. The van der Waals surface area contributed by atoms with E-state index in [0.29, 0.717) is 11.5 Å². The second-order valence-electron chi connectivity index (χ2n) is 6.52. The van der Waals surface area contributed by atoms with E-state index in [1.807, 2.05) is 24.3 Å². The summed E-state index contributed by atoms with van der Waals surface area (Å²) in [6, 6.07) is 7.85. The minimum absolute atomic E-state index is 0.0793. The molecule has 24 heavy (non-hydrogen) atoms. The summed E-state index contributed by atoms with van der Waals surface area (Å²) < 4.78 is 10.5. The van der Waals surface area contributed by atoms with Crippen LogP contribution in [0.1, 0.15) is 34.3 Å². The average molecular weight is 327 g/mol. The summed E-state index contributed by atoms with van der Waals surface area (Å²) in [6.45, 7) is 0. The predicted octanol–water partition coefficient (Wildman–Crippen LogP) is 2.94. The van der Waals surface area contributed by atoms with Crippen LogP contribution in [0.15, 0.2) is 24.3 Å². The van der Waals surface area contributed by atoms with Crippen LogP contribution in [-0.2, 0) is 12.8 Å². The van der Waals surface area contributed by atoms with Crippen LogP contribution in [0.2, 0.25) is 0 Å². The van der Waals surface area contributed by atoms with Crippen LogP contribution in [0.3, 0.4) is 0 Å². The van der Waals surface area contributed by atoms with Crippen molar-refractivity contribution in [1.82, 2.24) is 4.90 Å². The van der Waals surface area contributed by atoms with Crippen molar-refractivity contribution in [1.29, 1.82) is 0 Å². The van der Waals surface area contributed by atoms with Gasteiger partial charge in [-0.05, 0) is 54.8 Å². The third-order valence-corrected chi connectivity index (χ3v) is 5.43. The Bertz CT molecular complexity index is 817. The Labute approximate surface area is 141 Å². The normalized spacial score (nSPS) is 21.8. The first kappa shape index (κ1) is 15.1. The zero-order valence-corrected chi connectivity index (χ0v) is 14.0. The van der Waals surface area contributed by atoms with Gasteiger partial charge in [-0.2, -0.15) is 0 Å². The summed E-state index contributed by atoms with van der Waals surface area (Å²) in [7, 11) is 5.20. The van der Waals surface area contributed by atoms with Crippen LogP contribution in [0, 0.1) is 0 Å². The molecule has 0 spiro atoms. The topological polar surface area (TPSA) is 62.2 Å². The molecule has 4 rings (SSSR count). The lowest BCUT2D eigenvalue weighted by molar-refractivity contribution is 0.134. The number of ether oxygens (including phenoxy) is 2. The fraction of sp³-hybridized carbons (Fsp3) is 0.368. The standard InChI is InChI=1S/C19H21NO4/c1-20-13-6-10-4-5-16(23-2)19(22)18(10)14(20)7-11-8-17(24-3)15(21)9-12(11)13/h4-5,8-9,13-14,21-22H,6-7H2,1-3H3. The van der Waals surface area contributed by atoms with Gasteiger partial charge >= 0.3 is 0 Å². The SMILES string of the molecule is COc1cc2c(cc1O)C1Cc3ccc(OC)c(O)c3C(C2)N1C. The van der Waals surface area contributed by atoms with Crippen molar-refractivity contribution < 1.29 is 19.7 Å². The number of phenolic OH excluding ortho intramolecular Hbond substituents is 2. The highest BCUT2D eigenvalue weighted by molar-refractivity contribution is 5.57. The number of aromatic hydroxyl groups is 2. The van der Waals surface area contributed by atoms with E-state index in [0.717, 1.165) is 35.1 Å². The molecular weight excluding hydrogens is 306 g/mol. The fourth-order valence-electron chi connectivity index (χ4n) is 4.18. The van der Waals surface area contributed by atoms with E-state index in [-0.39, 0.29) is 23.6 Å². The summed E-state index contributed by atoms with van der Waals surface area (Å²) in [5.74, 6) is 1.41. The van der Waals surface area contributed by atoms with E-state index in [9.17, 15) is 10.2 Å². The van der Waals surface area contributed by atoms with Crippen LogP contribution in [-0.4, -0.2) is 36.4 Å². The lowest BCUT2D eigenvalue weighted by Crippen LogP contribution is -2.40. The van der Waals surface area contributed by atoms with Crippen LogP contribution >= 0.6 is 0 Å². The van der Waals surface area contributed by atoms with Crippen molar-refractivity contribution in [3.05, 3.63) is 46.5 Å². The number of hydrogen-bond donors (Lipinski definition) is 2. The summed E-state index contributed by atoms with van der Waals surface area (Å²) in [6.07, 6.45) is 1.55. The molecule has 5 nitrogen and oxygen atoms in total. The molecule has 0 aliphatic carbocycles. The molecule has 126 valence electrons. The second kappa shape index (κ2) is 5.31. The minimum atomic E-state index is 0.0793. The van der Waals surface area contributed by atoms with E-state index in [1.165, 1.54) is 0 Å². The van der Waals surface area contributed by atoms with Crippen molar-refractivity contribution >= 4 is 0 Å². The monoisotopic (exact) mass is 327 g/mol. The molecule has 2 aliphatic rings. The Morgan fingerprint density at radius 3 is 2.38 bits per heavy atom. The highest BCUT2D eigenvalue weighted by Crippen LogP contribution is 2.52. The van der Waals surface area contributed by atoms with Crippen LogP contribution in [0.25, 0.3) is 0 Å². The first-order chi connectivity index (χ1) is 11.5. The maximum Gasteiger partial charge on any atom is 0.162 e. The van der Waals surface area contributed by atoms with Gasteiger partial charge in [0.25, 0.3) is 0 Å². The number of nitrogens with zero attached hydrogens (tertiary/aromatic N) is 1. The van der Waals surface area contributed by atoms with Crippen LogP contribution in [0.5, 0.6) is 23.0 Å². The Morgan fingerprint density at radius 1 is 0.958 bits per heavy atom. The summed E-state index contributed by atoms with van der Waals surface area (Å²) in [5, 5.41) is 20.8. The summed E-state index contributed by atoms with van der Waals surface area (Å²) >= 11 is 0. The number of rotatable bonds is 2. The van der Waals surface area contributed by atoms with Gasteiger partial charge in [0.05, 0.1) is 14.2 Å². The quantitative estimate of drug-likeness (QED) is 0.888. The van der Waals surface area contributed by atoms with Gasteiger partial charge in [0.2, 0.25) is 0 Å². The maximum absolute atomic E-state index is 10.6. The van der Waals surface area contributed by atoms with E-state index in [2.05, 4.69) is 11.9 Å². The molecule has 0 aromatic heterocycles. The molecule has 2 unspecified atom stereocenters. The van der Waals surface area contributed by atoms with Gasteiger partial charge in [-0.15, -0.1) is 0 Å². The molecule has 2 bridgehead atoms. The van der Waals surface area contributed by atoms with Gasteiger partial charge < -0.3 is 19.7 Å². The molecule has 2 heterocycles. The first-order valence-corrected chi connectivity index (χ1v) is 8.05. The minimum Gasteiger partial charge on any atom is -0.504 e. The van der Waals surface area contributed by atoms with Gasteiger partial charge in [-0.25, -0.2) is 0 Å². The lowest BCUT2D eigenvalue weighted by Gasteiger charge is -2.46. The smallest absolute Gasteiger partial charge is 0.162 e. The molecule has 2 aromatic rings. The number of fused-ring (bicyclic) bond motifs is 6. The molecule has 2 atom stereocenters. The van der Waals surface area contributed by atoms with E-state index >= 15 is 0 Å². The van der Waals surface area contributed by atoms with Gasteiger partial charge in [0, 0.05) is 17.6 Å². The number of methoxy groups -OCH3 is 2. The number of phenols is 2. The number of hydrogen-bond acceptors (Lipinski definition) is 5. The molecule has 2 aromatic carbocycles. The Kier molecular flexibility index (Phi) is 3.35. The van der Waals surface area contributed by atoms with Crippen LogP contribution < -0.4 is 9.47 Å². The summed E-state index contributed by atoms with van der Waals surface area (Å²) in [4.78, 5) is 2.27. The van der Waals surface area contributed by atoms with E-state index in [1.54, 1.807) is 14.2 Å². The molecule has 0 fully saturated rings. The molecule has 5 heteroatoms. The van der Waals surface area contributed by atoms with Crippen molar-refractivity contribution in [3.63, 3.8) is 0 Å². The lowest BCUT2D eigenvalue weighted by atomic mass is 9.76. The highest BCUT2D eigenvalue weighted by atomic mass is 16.5. The second-order valence-corrected chi connectivity index (χ2v) is 6.52. The molecule has 2 aliphatic heterocycles. The fourth-order valence-corrected chi connectivity index (χ4v) is 4.18. The highest BCUT2D eigenvalue weighted by Gasteiger charge is 2.40. The maximum atomic E-state index is 10.6. The average Bonchev–Trinajstić information content (AvgIpc) is 2.56. The molecule has 0 saturated carbocycles. The number of benzene rings is 2. The Morgan fingerprint density at radius 2 is 1.67 bits per heavy atom. The van der Waals surface area contributed by atoms with E-state index < -0.39 is 0 Å². The van der Waals surface area contributed by atoms with Gasteiger partial charge in [-0.3, -0.25) is 4.90 Å². The van der Waals surface area contributed by atoms with Gasteiger partial charge in [-0.1, -0.05) is 6.07 Å². The van der Waals surface area contributed by atoms with E-state index in [4.69, 9.17) is 9.47 Å². The molecular formula is C19H21NO4. The third kappa shape index (κ3) is 1.97. The van der Waals surface area contributed by atoms with Crippen molar-refractivity contribution in [3.8, 4) is 23.0 Å². The molecule has 2 N–H and O–H groups in total. The zero-order valence-electron chi connectivity index (χ0n) is 14.0. The van der Waals surface area contributed by atoms with Crippen molar-refractivity contribution in [2.24, 2.45) is 0 Å². The van der Waals surface area contributed by atoms with Crippen molar-refractivity contribution in [2.45, 2.75) is 24.9 Å².